The number of aliphatic hydroxyl groups is 2. The zero-order valence-electron chi connectivity index (χ0n) is 15.8. The number of carbonyl (C=O) groups is 1. The first-order valence-electron chi connectivity index (χ1n) is 8.85. The van der Waals surface area contributed by atoms with Gasteiger partial charge in [-0.3, -0.25) is 4.79 Å². The van der Waals surface area contributed by atoms with Crippen LogP contribution in [0.4, 0.5) is 0 Å². The summed E-state index contributed by atoms with van der Waals surface area (Å²) in [7, 11) is 0. The number of Topliss-reactive ketones (excluding diaryl/α,β-unsaturated/α-hetero) is 1. The zero-order chi connectivity index (χ0) is 19.9. The second kappa shape index (κ2) is 7.07. The molecule has 2 N–H and O–H groups in total. The SMILES string of the molecule is CC(=O)Cc1cc2ccc(O[C@@H]3OC(C)(C)C(C)C(O)C3O)cc2oc1=O. The molecular weight excluding hydrogens is 352 g/mol. The summed E-state index contributed by atoms with van der Waals surface area (Å²) in [6, 6.07) is 6.47. The van der Waals surface area contributed by atoms with Gasteiger partial charge in [-0.2, -0.15) is 0 Å². The average Bonchev–Trinajstić information content (AvgIpc) is 2.58. The maximum Gasteiger partial charge on any atom is 0.339 e. The van der Waals surface area contributed by atoms with Gasteiger partial charge < -0.3 is 24.1 Å². The summed E-state index contributed by atoms with van der Waals surface area (Å²) in [5.74, 6) is -0.0753. The minimum absolute atomic E-state index is 0.0176. The molecule has 0 saturated carbocycles. The normalized spacial score (nSPS) is 27.5. The molecule has 1 saturated heterocycles. The molecule has 146 valence electrons. The minimum Gasteiger partial charge on any atom is -0.462 e. The fourth-order valence-electron chi connectivity index (χ4n) is 3.17. The quantitative estimate of drug-likeness (QED) is 0.784. The summed E-state index contributed by atoms with van der Waals surface area (Å²) in [5, 5.41) is 21.2. The van der Waals surface area contributed by atoms with Gasteiger partial charge in [0.1, 0.15) is 23.2 Å². The number of ether oxygens (including phenoxy) is 2. The molecule has 1 fully saturated rings. The van der Waals surface area contributed by atoms with Crippen LogP contribution in [0, 0.1) is 5.92 Å². The van der Waals surface area contributed by atoms with Crippen LogP contribution in [0.3, 0.4) is 0 Å². The Hall–Kier alpha value is -2.22. The summed E-state index contributed by atoms with van der Waals surface area (Å²) in [6.45, 7) is 6.85. The number of carbonyl (C=O) groups excluding carboxylic acids is 1. The first-order valence-corrected chi connectivity index (χ1v) is 8.85. The molecule has 7 heteroatoms. The molecule has 2 aromatic rings. The van der Waals surface area contributed by atoms with Crippen LogP contribution in [0.15, 0.2) is 33.5 Å². The van der Waals surface area contributed by atoms with E-state index in [1.807, 2.05) is 13.8 Å². The molecule has 1 aromatic heterocycles. The van der Waals surface area contributed by atoms with Gasteiger partial charge >= 0.3 is 5.63 Å². The number of hydrogen-bond donors (Lipinski definition) is 2. The molecule has 1 aliphatic heterocycles. The Morgan fingerprint density at radius 1 is 1.22 bits per heavy atom. The second-order valence-electron chi connectivity index (χ2n) is 7.61. The van der Waals surface area contributed by atoms with Crippen LogP contribution in [0.5, 0.6) is 5.75 Å². The molecule has 4 atom stereocenters. The maximum atomic E-state index is 12.0. The molecule has 1 aliphatic rings. The van der Waals surface area contributed by atoms with Crippen molar-refractivity contribution in [1.82, 2.24) is 0 Å². The Morgan fingerprint density at radius 3 is 2.59 bits per heavy atom. The molecule has 1 aromatic carbocycles. The molecule has 2 heterocycles. The van der Waals surface area contributed by atoms with Crippen molar-refractivity contribution in [3.8, 4) is 5.75 Å². The highest BCUT2D eigenvalue weighted by molar-refractivity contribution is 5.82. The van der Waals surface area contributed by atoms with E-state index in [4.69, 9.17) is 13.9 Å². The van der Waals surface area contributed by atoms with Crippen LogP contribution in [0.2, 0.25) is 0 Å². The third-order valence-corrected chi connectivity index (χ3v) is 5.13. The largest absolute Gasteiger partial charge is 0.462 e. The lowest BCUT2D eigenvalue weighted by molar-refractivity contribution is -0.284. The van der Waals surface area contributed by atoms with Crippen LogP contribution < -0.4 is 10.4 Å². The molecule has 27 heavy (non-hydrogen) atoms. The van der Waals surface area contributed by atoms with Crippen LogP contribution in [-0.2, 0) is 16.0 Å². The smallest absolute Gasteiger partial charge is 0.339 e. The lowest BCUT2D eigenvalue weighted by Crippen LogP contribution is -2.59. The van der Waals surface area contributed by atoms with Gasteiger partial charge in [-0.1, -0.05) is 6.92 Å². The van der Waals surface area contributed by atoms with Crippen LogP contribution >= 0.6 is 0 Å². The minimum atomic E-state index is -1.21. The lowest BCUT2D eigenvalue weighted by atomic mass is 9.82. The zero-order valence-corrected chi connectivity index (χ0v) is 15.8. The fraction of sp³-hybridized carbons (Fsp3) is 0.500. The van der Waals surface area contributed by atoms with E-state index in [1.165, 1.54) is 13.0 Å². The molecule has 3 rings (SSSR count). The number of aliphatic hydroxyl groups excluding tert-OH is 2. The van der Waals surface area contributed by atoms with Gasteiger partial charge in [0, 0.05) is 29.4 Å². The predicted octanol–water partition coefficient (Wildman–Crippen LogP) is 1.80. The van der Waals surface area contributed by atoms with Crippen LogP contribution in [-0.4, -0.2) is 40.1 Å². The lowest BCUT2D eigenvalue weighted by Gasteiger charge is -2.46. The monoisotopic (exact) mass is 376 g/mol. The van der Waals surface area contributed by atoms with E-state index in [2.05, 4.69) is 0 Å². The van der Waals surface area contributed by atoms with Gasteiger partial charge in [-0.05, 0) is 39.0 Å². The molecular formula is C20H24O7. The van der Waals surface area contributed by atoms with Crippen molar-refractivity contribution >= 4 is 16.8 Å². The number of rotatable bonds is 4. The van der Waals surface area contributed by atoms with Crippen molar-refractivity contribution in [1.29, 1.82) is 0 Å². The number of fused-ring (bicyclic) bond motifs is 1. The highest BCUT2D eigenvalue weighted by Gasteiger charge is 2.47. The Kier molecular flexibility index (Phi) is 5.12. The molecule has 3 unspecified atom stereocenters. The number of ketones is 1. The van der Waals surface area contributed by atoms with E-state index < -0.39 is 29.7 Å². The van der Waals surface area contributed by atoms with E-state index in [-0.39, 0.29) is 18.1 Å². The van der Waals surface area contributed by atoms with E-state index in [1.54, 1.807) is 25.1 Å². The Labute approximate surface area is 156 Å². The number of benzene rings is 1. The summed E-state index contributed by atoms with van der Waals surface area (Å²) in [4.78, 5) is 23.3. The summed E-state index contributed by atoms with van der Waals surface area (Å²) >= 11 is 0. The van der Waals surface area contributed by atoms with Gasteiger partial charge in [-0.15, -0.1) is 0 Å². The summed E-state index contributed by atoms with van der Waals surface area (Å²) < 4.78 is 16.8. The fourth-order valence-corrected chi connectivity index (χ4v) is 3.17. The van der Waals surface area contributed by atoms with Crippen molar-refractivity contribution in [2.24, 2.45) is 5.92 Å². The van der Waals surface area contributed by atoms with E-state index in [0.717, 1.165) is 0 Å². The highest BCUT2D eigenvalue weighted by atomic mass is 16.7. The maximum absolute atomic E-state index is 12.0. The molecule has 0 radical (unpaired) electrons. The van der Waals surface area contributed by atoms with Crippen molar-refractivity contribution < 1.29 is 28.9 Å². The molecule has 0 amide bonds. The first kappa shape index (κ1) is 19.5. The third-order valence-electron chi connectivity index (χ3n) is 5.13. The average molecular weight is 376 g/mol. The van der Waals surface area contributed by atoms with Gasteiger partial charge in [0.15, 0.2) is 0 Å². The van der Waals surface area contributed by atoms with Crippen molar-refractivity contribution in [3.05, 3.63) is 40.2 Å². The molecule has 0 bridgehead atoms. The summed E-state index contributed by atoms with van der Waals surface area (Å²) in [5.41, 5.74) is -0.667. The van der Waals surface area contributed by atoms with Crippen molar-refractivity contribution in [2.75, 3.05) is 0 Å². The second-order valence-corrected chi connectivity index (χ2v) is 7.61. The van der Waals surface area contributed by atoms with E-state index in [0.29, 0.717) is 22.3 Å². The Balaban J connectivity index is 1.87. The Morgan fingerprint density at radius 2 is 1.93 bits per heavy atom. The van der Waals surface area contributed by atoms with Gasteiger partial charge in [0.2, 0.25) is 6.29 Å². The molecule has 0 spiro atoms. The summed E-state index contributed by atoms with van der Waals surface area (Å²) in [6.07, 6.45) is -3.25. The predicted molar refractivity (Wildman–Crippen MR) is 97.6 cm³/mol. The first-order chi connectivity index (χ1) is 12.6. The topological polar surface area (TPSA) is 106 Å². The van der Waals surface area contributed by atoms with E-state index in [9.17, 15) is 19.8 Å². The highest BCUT2D eigenvalue weighted by Crippen LogP contribution is 2.35. The molecule has 0 aliphatic carbocycles. The van der Waals surface area contributed by atoms with Gasteiger partial charge in [0.05, 0.1) is 11.7 Å². The van der Waals surface area contributed by atoms with Crippen LogP contribution in [0.1, 0.15) is 33.3 Å². The Bertz CT molecular complexity index is 914. The van der Waals surface area contributed by atoms with Crippen molar-refractivity contribution in [3.63, 3.8) is 0 Å². The van der Waals surface area contributed by atoms with Gasteiger partial charge in [-0.25, -0.2) is 4.79 Å². The third kappa shape index (κ3) is 3.90. The number of hydrogen-bond acceptors (Lipinski definition) is 7. The molecule has 7 nitrogen and oxygen atoms in total. The van der Waals surface area contributed by atoms with Crippen molar-refractivity contribution in [2.45, 2.75) is 58.2 Å². The van der Waals surface area contributed by atoms with Gasteiger partial charge in [0.25, 0.3) is 0 Å². The van der Waals surface area contributed by atoms with E-state index >= 15 is 0 Å². The van der Waals surface area contributed by atoms with Crippen LogP contribution in [0.25, 0.3) is 11.0 Å². The standard InChI is InChI=1S/C20H24O7/c1-10(21)7-13-8-12-5-6-14(9-15(12)26-18(13)24)25-19-17(23)16(22)11(2)20(3,4)27-19/h5-6,8-9,11,16-17,19,22-23H,7H2,1-4H3/t11?,16?,17?,19-/m1/s1.